The number of hydrogen-bond donors (Lipinski definition) is 3. The number of phenolic OH excluding ortho intramolecular Hbond substituents is 1. The molecule has 0 saturated carbocycles. The molecule has 0 aliphatic carbocycles. The lowest BCUT2D eigenvalue weighted by molar-refractivity contribution is -0.146. The number of aliphatic hydroxyl groups is 1. The normalized spacial score (nSPS) is 12.9. The second-order valence-corrected chi connectivity index (χ2v) is 3.97. The van der Waals surface area contributed by atoms with Crippen molar-refractivity contribution in [1.82, 2.24) is 4.57 Å². The molecule has 5 nitrogen and oxygen atoms in total. The van der Waals surface area contributed by atoms with E-state index in [1.807, 2.05) is 0 Å². The number of fused-ring (bicyclic) bond motifs is 1. The number of carboxylic acids is 1. The van der Waals surface area contributed by atoms with Gasteiger partial charge in [-0.3, -0.25) is 0 Å². The summed E-state index contributed by atoms with van der Waals surface area (Å²) >= 11 is 0. The third-order valence-corrected chi connectivity index (χ3v) is 3.05. The van der Waals surface area contributed by atoms with E-state index in [2.05, 4.69) is 0 Å². The molecular formula is C12H13NO4. The number of aryl methyl sites for hydroxylation is 1. The van der Waals surface area contributed by atoms with Gasteiger partial charge >= 0.3 is 5.97 Å². The lowest BCUT2D eigenvalue weighted by atomic mass is 10.0. The maximum absolute atomic E-state index is 10.9. The average molecular weight is 235 g/mol. The van der Waals surface area contributed by atoms with Crippen LogP contribution in [-0.4, -0.2) is 25.9 Å². The Kier molecular flexibility index (Phi) is 2.55. The Balaban J connectivity index is 2.87. The van der Waals surface area contributed by atoms with Crippen molar-refractivity contribution in [3.8, 4) is 5.75 Å². The molecule has 0 bridgehead atoms. The lowest BCUT2D eigenvalue weighted by Crippen LogP contribution is -2.11. The number of benzene rings is 1. The molecule has 3 N–H and O–H groups in total. The minimum atomic E-state index is -1.63. The van der Waals surface area contributed by atoms with Gasteiger partial charge in [-0.2, -0.15) is 0 Å². The number of aliphatic carboxylic acids is 1. The summed E-state index contributed by atoms with van der Waals surface area (Å²) < 4.78 is 1.75. The molecule has 0 spiro atoms. The Morgan fingerprint density at radius 3 is 2.65 bits per heavy atom. The standard InChI is InChI=1S/C12H13NO4/c1-6-9(11(15)12(16)17)10-7(13(6)2)4-3-5-8(10)14/h3-5,11,14-15H,1-2H3,(H,16,17). The average Bonchev–Trinajstić information content (AvgIpc) is 2.53. The van der Waals surface area contributed by atoms with Gasteiger partial charge in [0.05, 0.1) is 5.52 Å². The number of aliphatic hydroxyl groups excluding tert-OH is 1. The second kappa shape index (κ2) is 3.78. The SMILES string of the molecule is Cc1c(C(O)C(=O)O)c2c(O)cccc2n1C. The van der Waals surface area contributed by atoms with E-state index >= 15 is 0 Å². The number of phenols is 1. The summed E-state index contributed by atoms with van der Waals surface area (Å²) in [6.45, 7) is 1.71. The number of hydrogen-bond acceptors (Lipinski definition) is 3. The molecule has 1 atom stereocenters. The predicted molar refractivity (Wildman–Crippen MR) is 61.9 cm³/mol. The van der Waals surface area contributed by atoms with Crippen LogP contribution >= 0.6 is 0 Å². The maximum Gasteiger partial charge on any atom is 0.337 e. The molecule has 1 unspecified atom stereocenters. The van der Waals surface area contributed by atoms with Crippen LogP contribution in [0.2, 0.25) is 0 Å². The monoisotopic (exact) mass is 235 g/mol. The Hall–Kier alpha value is -2.01. The van der Waals surface area contributed by atoms with Crippen LogP contribution in [0.4, 0.5) is 0 Å². The van der Waals surface area contributed by atoms with Crippen molar-refractivity contribution in [2.75, 3.05) is 0 Å². The topological polar surface area (TPSA) is 82.7 Å². The van der Waals surface area contributed by atoms with Crippen molar-refractivity contribution < 1.29 is 20.1 Å². The third-order valence-electron chi connectivity index (χ3n) is 3.05. The number of rotatable bonds is 2. The van der Waals surface area contributed by atoms with Crippen molar-refractivity contribution in [1.29, 1.82) is 0 Å². The van der Waals surface area contributed by atoms with Crippen LogP contribution in [0.1, 0.15) is 17.4 Å². The number of carbonyl (C=O) groups is 1. The Morgan fingerprint density at radius 2 is 2.06 bits per heavy atom. The van der Waals surface area contributed by atoms with E-state index in [1.54, 1.807) is 30.7 Å². The number of nitrogens with zero attached hydrogens (tertiary/aromatic N) is 1. The smallest absolute Gasteiger partial charge is 0.337 e. The number of carboxylic acid groups (broad SMARTS) is 1. The summed E-state index contributed by atoms with van der Waals surface area (Å²) in [7, 11) is 1.76. The zero-order valence-corrected chi connectivity index (χ0v) is 9.51. The maximum atomic E-state index is 10.9. The van der Waals surface area contributed by atoms with E-state index in [1.165, 1.54) is 6.07 Å². The quantitative estimate of drug-likeness (QED) is 0.733. The largest absolute Gasteiger partial charge is 0.507 e. The van der Waals surface area contributed by atoms with Crippen molar-refractivity contribution in [2.45, 2.75) is 13.0 Å². The molecule has 1 aromatic heterocycles. The second-order valence-electron chi connectivity index (χ2n) is 3.97. The first-order valence-corrected chi connectivity index (χ1v) is 5.13. The molecule has 0 aliphatic heterocycles. The number of aromatic hydroxyl groups is 1. The summed E-state index contributed by atoms with van der Waals surface area (Å²) in [5, 5.41) is 28.8. The summed E-state index contributed by atoms with van der Waals surface area (Å²) in [6, 6.07) is 4.91. The van der Waals surface area contributed by atoms with Gasteiger partial charge in [0.1, 0.15) is 5.75 Å². The fourth-order valence-corrected chi connectivity index (χ4v) is 2.08. The first kappa shape index (κ1) is 11.5. The molecule has 17 heavy (non-hydrogen) atoms. The van der Waals surface area contributed by atoms with Crippen LogP contribution in [0, 0.1) is 6.92 Å². The Bertz CT molecular complexity index is 600. The zero-order valence-electron chi connectivity index (χ0n) is 9.51. The summed E-state index contributed by atoms with van der Waals surface area (Å²) in [5.74, 6) is -1.36. The van der Waals surface area contributed by atoms with Crippen LogP contribution in [0.3, 0.4) is 0 Å². The van der Waals surface area contributed by atoms with E-state index in [0.717, 1.165) is 0 Å². The Labute approximate surface area is 97.5 Å². The first-order chi connectivity index (χ1) is 7.95. The van der Waals surface area contributed by atoms with Gasteiger partial charge in [0.25, 0.3) is 0 Å². The minimum absolute atomic E-state index is 0.0264. The summed E-state index contributed by atoms with van der Waals surface area (Å²) in [4.78, 5) is 10.9. The van der Waals surface area contributed by atoms with Gasteiger partial charge in [-0.25, -0.2) is 4.79 Å². The Morgan fingerprint density at radius 1 is 1.41 bits per heavy atom. The molecule has 5 heteroatoms. The minimum Gasteiger partial charge on any atom is -0.507 e. The highest BCUT2D eigenvalue weighted by Crippen LogP contribution is 2.35. The predicted octanol–water partition coefficient (Wildman–Crippen LogP) is 1.31. The van der Waals surface area contributed by atoms with Crippen LogP contribution in [0.25, 0.3) is 10.9 Å². The highest BCUT2D eigenvalue weighted by atomic mass is 16.4. The fraction of sp³-hybridized carbons (Fsp3) is 0.250. The van der Waals surface area contributed by atoms with Crippen LogP contribution in [-0.2, 0) is 11.8 Å². The molecular weight excluding hydrogens is 222 g/mol. The molecule has 2 aromatic rings. The van der Waals surface area contributed by atoms with Crippen LogP contribution in [0.5, 0.6) is 5.75 Å². The van der Waals surface area contributed by atoms with E-state index in [9.17, 15) is 15.0 Å². The first-order valence-electron chi connectivity index (χ1n) is 5.13. The van der Waals surface area contributed by atoms with Gasteiger partial charge in [0, 0.05) is 23.7 Å². The van der Waals surface area contributed by atoms with Crippen molar-refractivity contribution in [3.63, 3.8) is 0 Å². The molecule has 0 saturated heterocycles. The van der Waals surface area contributed by atoms with E-state index in [-0.39, 0.29) is 11.3 Å². The molecule has 1 heterocycles. The van der Waals surface area contributed by atoms with Gasteiger partial charge in [-0.05, 0) is 19.1 Å². The van der Waals surface area contributed by atoms with Gasteiger partial charge in [0.2, 0.25) is 0 Å². The van der Waals surface area contributed by atoms with Crippen LogP contribution in [0.15, 0.2) is 18.2 Å². The highest BCUT2D eigenvalue weighted by Gasteiger charge is 2.25. The molecule has 0 fully saturated rings. The molecule has 0 amide bonds. The van der Waals surface area contributed by atoms with Crippen molar-refractivity contribution in [3.05, 3.63) is 29.5 Å². The number of aromatic nitrogens is 1. The van der Waals surface area contributed by atoms with Crippen molar-refractivity contribution >= 4 is 16.9 Å². The molecule has 90 valence electrons. The zero-order chi connectivity index (χ0) is 12.7. The molecule has 0 radical (unpaired) electrons. The van der Waals surface area contributed by atoms with Gasteiger partial charge < -0.3 is 19.9 Å². The van der Waals surface area contributed by atoms with Gasteiger partial charge in [-0.1, -0.05) is 6.07 Å². The lowest BCUT2D eigenvalue weighted by Gasteiger charge is -2.06. The fourth-order valence-electron chi connectivity index (χ4n) is 2.08. The third kappa shape index (κ3) is 1.55. The summed E-state index contributed by atoms with van der Waals surface area (Å²) in [5.41, 5.74) is 1.56. The molecule has 0 aliphatic rings. The van der Waals surface area contributed by atoms with Crippen LogP contribution < -0.4 is 0 Å². The van der Waals surface area contributed by atoms with Gasteiger partial charge in [-0.15, -0.1) is 0 Å². The van der Waals surface area contributed by atoms with E-state index < -0.39 is 12.1 Å². The van der Waals surface area contributed by atoms with E-state index in [0.29, 0.717) is 16.6 Å². The van der Waals surface area contributed by atoms with Crippen molar-refractivity contribution in [2.24, 2.45) is 7.05 Å². The highest BCUT2D eigenvalue weighted by molar-refractivity contribution is 5.94. The van der Waals surface area contributed by atoms with Gasteiger partial charge in [0.15, 0.2) is 6.10 Å². The summed E-state index contributed by atoms with van der Waals surface area (Å²) in [6.07, 6.45) is -1.63. The molecule has 1 aromatic carbocycles. The molecule has 2 rings (SSSR count). The van der Waals surface area contributed by atoms with E-state index in [4.69, 9.17) is 5.11 Å².